The van der Waals surface area contributed by atoms with E-state index >= 15 is 0 Å². The molecule has 452 valence electrons. The van der Waals surface area contributed by atoms with Crippen LogP contribution in [0.2, 0.25) is 0 Å². The molecule has 3 aliphatic heterocycles. The number of benzene rings is 9. The van der Waals surface area contributed by atoms with Crippen LogP contribution in [0.5, 0.6) is 0 Å². The number of halogens is 4. The van der Waals surface area contributed by atoms with Gasteiger partial charge in [0.15, 0.2) is 0 Å². The Morgan fingerprint density at radius 2 is 0.682 bits per heavy atom. The third kappa shape index (κ3) is 13.2. The van der Waals surface area contributed by atoms with Crippen LogP contribution < -0.4 is 5.46 Å². The van der Waals surface area contributed by atoms with Gasteiger partial charge in [0, 0.05) is 43.3 Å². The first kappa shape index (κ1) is 65.1. The van der Waals surface area contributed by atoms with Gasteiger partial charge in [0.05, 0.1) is 55.7 Å². The van der Waals surface area contributed by atoms with Crippen molar-refractivity contribution in [2.45, 2.75) is 123 Å². The summed E-state index contributed by atoms with van der Waals surface area (Å²) in [5, 5.41) is 5.12. The third-order valence-corrected chi connectivity index (χ3v) is 19.1. The first-order valence-electron chi connectivity index (χ1n) is 29.8. The number of fused-ring (bicyclic) bond motifs is 9. The second-order valence-corrected chi connectivity index (χ2v) is 27.4. The fraction of sp³-hybridized carbons (Fsp3) is 0.260. The van der Waals surface area contributed by atoms with Gasteiger partial charge < -0.3 is 37.1 Å². The molecule has 5 heterocycles. The van der Waals surface area contributed by atoms with Crippen molar-refractivity contribution >= 4 is 126 Å². The zero-order valence-electron chi connectivity index (χ0n) is 52.1. The van der Waals surface area contributed by atoms with E-state index < -0.39 is 14.0 Å². The quantitative estimate of drug-likeness (QED) is 0.129. The molecule has 3 saturated heterocycles. The SMILES string of the molecule is Brc1cccc(-n2c3ccccc3c3ccccc32)c1.CC1(C)OB(B2OC(C)(C)C(C)(C)O2)OC1(C)C.CC1(C)OB(c2cccc(-n3c4ccccc4c4ccccc43)c2)OC1(C)C.Fc1cccc(Br)c1.I.[HH].c1ccc2c(c1)Cc1ccccc1-2. The van der Waals surface area contributed by atoms with Crippen LogP contribution in [0, 0.1) is 5.82 Å². The highest BCUT2D eigenvalue weighted by Gasteiger charge is 2.64. The molecule has 8 nitrogen and oxygen atoms in total. The molecule has 1 aliphatic carbocycles. The van der Waals surface area contributed by atoms with E-state index in [1.165, 1.54) is 83.7 Å². The maximum absolute atomic E-state index is 12.1. The van der Waals surface area contributed by atoms with Gasteiger partial charge in [-0.15, -0.1) is 24.0 Å². The molecule has 4 aliphatic rings. The second kappa shape index (κ2) is 25.8. The Kier molecular flexibility index (Phi) is 19.1. The van der Waals surface area contributed by atoms with Gasteiger partial charge in [0.2, 0.25) is 0 Å². The van der Waals surface area contributed by atoms with E-state index in [9.17, 15) is 4.39 Å². The molecule has 0 N–H and O–H groups in total. The molecular weight excluding hydrogens is 1340 g/mol. The second-order valence-electron chi connectivity index (χ2n) is 25.6. The number of hydrogen-bond acceptors (Lipinski definition) is 6. The molecule has 3 fully saturated rings. The number of hydrogen-bond donors (Lipinski definition) is 0. The van der Waals surface area contributed by atoms with E-state index in [4.69, 9.17) is 27.9 Å². The summed E-state index contributed by atoms with van der Waals surface area (Å²) in [5.41, 5.74) is 11.8. The van der Waals surface area contributed by atoms with Gasteiger partial charge in [0.1, 0.15) is 5.82 Å². The van der Waals surface area contributed by atoms with Crippen LogP contribution in [-0.2, 0) is 34.3 Å². The molecule has 0 spiro atoms. The minimum absolute atomic E-state index is 0. The average molecular weight is 1420 g/mol. The van der Waals surface area contributed by atoms with Gasteiger partial charge in [-0.3, -0.25) is 0 Å². The summed E-state index contributed by atoms with van der Waals surface area (Å²) >= 11 is 6.68. The van der Waals surface area contributed by atoms with Gasteiger partial charge >= 0.3 is 21.1 Å². The van der Waals surface area contributed by atoms with E-state index in [0.717, 1.165) is 26.5 Å². The smallest absolute Gasteiger partial charge is 0.405 e. The van der Waals surface area contributed by atoms with Crippen LogP contribution in [0.1, 0.15) is 95.6 Å². The Morgan fingerprint density at radius 1 is 0.364 bits per heavy atom. The summed E-state index contributed by atoms with van der Waals surface area (Å²) in [6.07, 6.45) is 1.10. The molecule has 15 heteroatoms. The average Bonchev–Trinajstić information content (AvgIpc) is 1.68. The summed E-state index contributed by atoms with van der Waals surface area (Å²) < 4.78 is 55.0. The van der Waals surface area contributed by atoms with Crippen molar-refractivity contribution in [2.75, 3.05) is 0 Å². The topological polar surface area (TPSA) is 65.2 Å². The summed E-state index contributed by atoms with van der Waals surface area (Å²) in [6.45, 7) is 24.6. The Morgan fingerprint density at radius 3 is 1.05 bits per heavy atom. The molecule has 11 aromatic rings. The summed E-state index contributed by atoms with van der Waals surface area (Å²) in [5.74, 6) is -0.209. The van der Waals surface area contributed by atoms with Gasteiger partial charge in [-0.1, -0.05) is 177 Å². The van der Waals surface area contributed by atoms with Crippen molar-refractivity contribution in [1.29, 1.82) is 0 Å². The van der Waals surface area contributed by atoms with Crippen molar-refractivity contribution < 1.29 is 33.7 Å². The first-order chi connectivity index (χ1) is 41.3. The minimum atomic E-state index is -0.476. The third-order valence-electron chi connectivity index (χ3n) is 18.1. The molecule has 88 heavy (non-hydrogen) atoms. The molecule has 0 atom stereocenters. The van der Waals surface area contributed by atoms with Crippen molar-refractivity contribution in [3.05, 3.63) is 244 Å². The Balaban J connectivity index is 0.000000138. The zero-order chi connectivity index (χ0) is 61.7. The molecule has 2 aromatic heterocycles. The highest BCUT2D eigenvalue weighted by molar-refractivity contribution is 14.0. The van der Waals surface area contributed by atoms with Gasteiger partial charge in [-0.05, 0) is 190 Å². The summed E-state index contributed by atoms with van der Waals surface area (Å²) in [7, 11) is -1.31. The highest BCUT2D eigenvalue weighted by atomic mass is 127. The summed E-state index contributed by atoms with van der Waals surface area (Å²) in [4.78, 5) is 0. The van der Waals surface area contributed by atoms with Gasteiger partial charge in [-0.2, -0.15) is 0 Å². The lowest BCUT2D eigenvalue weighted by Crippen LogP contribution is -2.41. The molecule has 0 saturated carbocycles. The maximum Gasteiger partial charge on any atom is 0.494 e. The summed E-state index contributed by atoms with van der Waals surface area (Å²) in [6, 6.07) is 74.7. The van der Waals surface area contributed by atoms with E-state index in [2.05, 4.69) is 263 Å². The normalized spacial score (nSPS) is 17.6. The lowest BCUT2D eigenvalue weighted by molar-refractivity contribution is 0.00578. The number of rotatable bonds is 4. The van der Waals surface area contributed by atoms with Crippen LogP contribution >= 0.6 is 55.8 Å². The Labute approximate surface area is 554 Å². The van der Waals surface area contributed by atoms with Crippen molar-refractivity contribution in [3.8, 4) is 22.5 Å². The standard InChI is InChI=1S/C24H24BNO2.C18H12BrN.C13H10.C12H24B2O4.C6H4BrF.HI.H2/c1-23(2)24(3,4)28-25(27-23)17-10-9-11-18(16-17)26-21-14-7-5-12-19(21)20-13-6-8-15-22(20)26;19-13-6-5-7-14(12-13)20-17-10-3-1-8-15(17)16-9-2-4-11-18(16)20;1-3-7-12-10(5-1)9-11-6-2-4-8-13(11)12;1-9(2)10(3,4)16-13(15-9)14-17-11(5,6)12(7,8)18-14;7-5-2-1-3-6(8)4-5;;/h5-16H,1-4H3;1-12H;1-8H,9H2;1-8H3;1-4H;2*1H. The van der Waals surface area contributed by atoms with Crippen molar-refractivity contribution in [3.63, 3.8) is 0 Å². The predicted octanol–water partition coefficient (Wildman–Crippen LogP) is 19.6. The van der Waals surface area contributed by atoms with Crippen LogP contribution in [-0.4, -0.2) is 63.9 Å². The fourth-order valence-corrected chi connectivity index (χ4v) is 12.1. The lowest BCUT2D eigenvalue weighted by Gasteiger charge is -2.32. The predicted molar refractivity (Wildman–Crippen MR) is 383 cm³/mol. The monoisotopic (exact) mass is 1410 g/mol. The van der Waals surface area contributed by atoms with Gasteiger partial charge in [-0.25, -0.2) is 4.39 Å². The van der Waals surface area contributed by atoms with Crippen LogP contribution in [0.25, 0.3) is 66.1 Å². The van der Waals surface area contributed by atoms with Crippen molar-refractivity contribution in [1.82, 2.24) is 9.13 Å². The number of para-hydroxylation sites is 4. The van der Waals surface area contributed by atoms with E-state index in [1.54, 1.807) is 12.1 Å². The first-order valence-corrected chi connectivity index (χ1v) is 31.4. The molecule has 0 bridgehead atoms. The van der Waals surface area contributed by atoms with Crippen LogP contribution in [0.4, 0.5) is 4.39 Å². The Bertz CT molecular complexity index is 4060. The minimum Gasteiger partial charge on any atom is -0.405 e. The molecule has 0 amide bonds. The fourth-order valence-electron chi connectivity index (χ4n) is 11.3. The molecule has 0 unspecified atom stereocenters. The number of aromatic nitrogens is 2. The van der Waals surface area contributed by atoms with E-state index in [1.807, 2.05) is 55.4 Å². The molecule has 15 rings (SSSR count). The molecule has 0 radical (unpaired) electrons. The largest absolute Gasteiger partial charge is 0.494 e. The van der Waals surface area contributed by atoms with Crippen LogP contribution in [0.15, 0.2) is 227 Å². The molecule has 9 aromatic carbocycles. The Hall–Kier alpha value is -5.85. The van der Waals surface area contributed by atoms with E-state index in [0.29, 0.717) is 0 Å². The molecular formula is C73H77B3Br2FIN2O6. The zero-order valence-corrected chi connectivity index (χ0v) is 57.6. The van der Waals surface area contributed by atoms with Gasteiger partial charge in [0.25, 0.3) is 0 Å². The lowest BCUT2D eigenvalue weighted by atomic mass is 9.49. The highest BCUT2D eigenvalue weighted by Crippen LogP contribution is 2.44. The maximum atomic E-state index is 12.1. The van der Waals surface area contributed by atoms with E-state index in [-0.39, 0.29) is 71.9 Å². The van der Waals surface area contributed by atoms with Crippen molar-refractivity contribution in [2.24, 2.45) is 0 Å². The van der Waals surface area contributed by atoms with Crippen LogP contribution in [0.3, 0.4) is 0 Å². The number of nitrogens with zero attached hydrogens (tertiary/aromatic N) is 2.